The molecule has 1 aromatic carbocycles. The summed E-state index contributed by atoms with van der Waals surface area (Å²) in [6.45, 7) is 4.20. The van der Waals surface area contributed by atoms with Gasteiger partial charge in [0.25, 0.3) is 0 Å². The Morgan fingerprint density at radius 2 is 2.21 bits per heavy atom. The van der Waals surface area contributed by atoms with Crippen LogP contribution in [-0.4, -0.2) is 39.2 Å². The van der Waals surface area contributed by atoms with E-state index in [-0.39, 0.29) is 5.78 Å². The van der Waals surface area contributed by atoms with Crippen molar-refractivity contribution < 1.29 is 14.3 Å². The van der Waals surface area contributed by atoms with Gasteiger partial charge in [0.05, 0.1) is 18.8 Å². The Bertz CT molecular complexity index is 408. The summed E-state index contributed by atoms with van der Waals surface area (Å²) < 4.78 is 10.3. The molecule has 0 aliphatic heterocycles. The fourth-order valence-electron chi connectivity index (χ4n) is 1.65. The maximum atomic E-state index is 11.9. The highest BCUT2D eigenvalue weighted by Crippen LogP contribution is 2.22. The molecule has 0 aliphatic carbocycles. The molecule has 0 radical (unpaired) electrons. The summed E-state index contributed by atoms with van der Waals surface area (Å²) in [7, 11) is 1.66. The number of nitrogen functional groups attached to an aromatic ring is 1. The van der Waals surface area contributed by atoms with Crippen molar-refractivity contribution >= 4 is 11.5 Å². The van der Waals surface area contributed by atoms with E-state index in [0.29, 0.717) is 36.8 Å². The number of nitrogens with one attached hydrogen (secondary N) is 1. The number of hydrogen-bond donors (Lipinski definition) is 2. The Hall–Kier alpha value is -1.59. The average molecular weight is 266 g/mol. The van der Waals surface area contributed by atoms with Gasteiger partial charge in [0.2, 0.25) is 0 Å². The molecule has 0 aromatic heterocycles. The van der Waals surface area contributed by atoms with Gasteiger partial charge in [0, 0.05) is 19.3 Å². The molecule has 1 rings (SSSR count). The number of carbonyl (C=O) groups excluding carboxylic acids is 1. The first-order valence-corrected chi connectivity index (χ1v) is 6.44. The lowest BCUT2D eigenvalue weighted by atomic mass is 10.1. The average Bonchev–Trinajstić information content (AvgIpc) is 2.41. The highest BCUT2D eigenvalue weighted by atomic mass is 16.5. The van der Waals surface area contributed by atoms with Crippen molar-refractivity contribution in [2.75, 3.05) is 39.1 Å². The summed E-state index contributed by atoms with van der Waals surface area (Å²) in [4.78, 5) is 11.9. The molecule has 3 N–H and O–H groups in total. The van der Waals surface area contributed by atoms with E-state index in [1.807, 2.05) is 6.92 Å². The van der Waals surface area contributed by atoms with Gasteiger partial charge in [-0.3, -0.25) is 4.79 Å². The zero-order valence-corrected chi connectivity index (χ0v) is 11.6. The normalized spacial score (nSPS) is 10.4. The van der Waals surface area contributed by atoms with Gasteiger partial charge in [0.15, 0.2) is 5.78 Å². The van der Waals surface area contributed by atoms with Gasteiger partial charge in [-0.1, -0.05) is 0 Å². The third-order valence-electron chi connectivity index (χ3n) is 2.62. The van der Waals surface area contributed by atoms with Crippen LogP contribution in [0, 0.1) is 0 Å². The number of rotatable bonds is 9. The first-order valence-electron chi connectivity index (χ1n) is 6.44. The lowest BCUT2D eigenvalue weighted by Gasteiger charge is -2.09. The number of nitrogens with two attached hydrogens (primary N) is 1. The van der Waals surface area contributed by atoms with Gasteiger partial charge in [0.1, 0.15) is 5.75 Å². The van der Waals surface area contributed by atoms with E-state index < -0.39 is 0 Å². The van der Waals surface area contributed by atoms with E-state index in [1.54, 1.807) is 25.3 Å². The predicted octanol–water partition coefficient (Wildman–Crippen LogP) is 1.48. The Morgan fingerprint density at radius 3 is 2.84 bits per heavy atom. The first-order chi connectivity index (χ1) is 9.19. The fraction of sp³-hybridized carbons (Fsp3) is 0.500. The SMILES string of the molecule is CCOc1ccc(C(=O)CNCCCOC)cc1N. The van der Waals surface area contributed by atoms with Crippen LogP contribution < -0.4 is 15.8 Å². The number of carbonyl (C=O) groups is 1. The van der Waals surface area contributed by atoms with Crippen molar-refractivity contribution in [3.8, 4) is 5.75 Å². The van der Waals surface area contributed by atoms with Crippen LogP contribution in [0.2, 0.25) is 0 Å². The van der Waals surface area contributed by atoms with Crippen LogP contribution in [0.4, 0.5) is 5.69 Å². The second-order valence-electron chi connectivity index (χ2n) is 4.13. The number of hydrogen-bond acceptors (Lipinski definition) is 5. The zero-order valence-electron chi connectivity index (χ0n) is 11.6. The highest BCUT2D eigenvalue weighted by Gasteiger charge is 2.08. The van der Waals surface area contributed by atoms with Gasteiger partial charge < -0.3 is 20.5 Å². The number of ketones is 1. The molecule has 0 amide bonds. The third-order valence-corrected chi connectivity index (χ3v) is 2.62. The quantitative estimate of drug-likeness (QED) is 0.402. The van der Waals surface area contributed by atoms with Crippen LogP contribution in [0.15, 0.2) is 18.2 Å². The van der Waals surface area contributed by atoms with E-state index in [1.165, 1.54) is 0 Å². The molecule has 0 spiro atoms. The molecule has 106 valence electrons. The van der Waals surface area contributed by atoms with Gasteiger partial charge >= 0.3 is 0 Å². The minimum absolute atomic E-state index is 0.0205. The lowest BCUT2D eigenvalue weighted by molar-refractivity contribution is 0.0990. The van der Waals surface area contributed by atoms with E-state index in [4.69, 9.17) is 15.2 Å². The van der Waals surface area contributed by atoms with Crippen LogP contribution in [0.5, 0.6) is 5.75 Å². The first kappa shape index (κ1) is 15.5. The van der Waals surface area contributed by atoms with Crippen molar-refractivity contribution in [3.05, 3.63) is 23.8 Å². The second kappa shape index (κ2) is 8.50. The Morgan fingerprint density at radius 1 is 1.42 bits per heavy atom. The zero-order chi connectivity index (χ0) is 14.1. The lowest BCUT2D eigenvalue weighted by Crippen LogP contribution is -2.24. The third kappa shape index (κ3) is 5.28. The maximum absolute atomic E-state index is 11.9. The molecule has 0 unspecified atom stereocenters. The van der Waals surface area contributed by atoms with Crippen LogP contribution in [0.1, 0.15) is 23.7 Å². The van der Waals surface area contributed by atoms with Crippen LogP contribution in [-0.2, 0) is 4.74 Å². The topological polar surface area (TPSA) is 73.6 Å². The number of anilines is 1. The summed E-state index contributed by atoms with van der Waals surface area (Å²) in [5.74, 6) is 0.638. The van der Waals surface area contributed by atoms with Crippen molar-refractivity contribution in [3.63, 3.8) is 0 Å². The molecule has 0 atom stereocenters. The molecule has 0 heterocycles. The van der Waals surface area contributed by atoms with Crippen LogP contribution >= 0.6 is 0 Å². The highest BCUT2D eigenvalue weighted by molar-refractivity contribution is 5.98. The summed E-state index contributed by atoms with van der Waals surface area (Å²) in [6.07, 6.45) is 0.884. The predicted molar refractivity (Wildman–Crippen MR) is 75.7 cm³/mol. The summed E-state index contributed by atoms with van der Waals surface area (Å²) in [5.41, 5.74) is 6.92. The molecule has 0 bridgehead atoms. The largest absolute Gasteiger partial charge is 0.492 e. The Labute approximate surface area is 114 Å². The van der Waals surface area contributed by atoms with E-state index in [0.717, 1.165) is 13.0 Å². The van der Waals surface area contributed by atoms with E-state index in [9.17, 15) is 4.79 Å². The van der Waals surface area contributed by atoms with Gasteiger partial charge in [-0.25, -0.2) is 0 Å². The molecule has 19 heavy (non-hydrogen) atoms. The number of Topliss-reactive ketones (excluding diaryl/α,β-unsaturated/α-hetero) is 1. The molecule has 5 heteroatoms. The maximum Gasteiger partial charge on any atom is 0.176 e. The van der Waals surface area contributed by atoms with Crippen molar-refractivity contribution in [2.45, 2.75) is 13.3 Å². The van der Waals surface area contributed by atoms with Crippen LogP contribution in [0.3, 0.4) is 0 Å². The molecule has 0 saturated carbocycles. The minimum Gasteiger partial charge on any atom is -0.492 e. The minimum atomic E-state index is 0.0205. The van der Waals surface area contributed by atoms with Gasteiger partial charge in [-0.15, -0.1) is 0 Å². The number of methoxy groups -OCH3 is 1. The molecule has 0 aliphatic rings. The molecule has 0 fully saturated rings. The van der Waals surface area contributed by atoms with Crippen LogP contribution in [0.25, 0.3) is 0 Å². The Balaban J connectivity index is 2.46. The summed E-state index contributed by atoms with van der Waals surface area (Å²) in [5, 5.41) is 3.08. The second-order valence-corrected chi connectivity index (χ2v) is 4.13. The molecule has 1 aromatic rings. The van der Waals surface area contributed by atoms with E-state index in [2.05, 4.69) is 5.32 Å². The molecule has 0 saturated heterocycles. The van der Waals surface area contributed by atoms with Crippen molar-refractivity contribution in [1.29, 1.82) is 0 Å². The number of benzene rings is 1. The monoisotopic (exact) mass is 266 g/mol. The fourth-order valence-corrected chi connectivity index (χ4v) is 1.65. The summed E-state index contributed by atoms with van der Waals surface area (Å²) in [6, 6.07) is 5.13. The van der Waals surface area contributed by atoms with Crippen molar-refractivity contribution in [2.24, 2.45) is 0 Å². The number of ether oxygens (including phenoxy) is 2. The smallest absolute Gasteiger partial charge is 0.176 e. The standard InChI is InChI=1S/C14H22N2O3/c1-3-19-14-6-5-11(9-12(14)15)13(17)10-16-7-4-8-18-2/h5-6,9,16H,3-4,7-8,10,15H2,1-2H3. The summed E-state index contributed by atoms with van der Waals surface area (Å²) >= 11 is 0. The van der Waals surface area contributed by atoms with Gasteiger partial charge in [-0.05, 0) is 38.1 Å². The van der Waals surface area contributed by atoms with E-state index >= 15 is 0 Å². The van der Waals surface area contributed by atoms with Gasteiger partial charge in [-0.2, -0.15) is 0 Å². The Kier molecular flexibility index (Phi) is 6.92. The molecular weight excluding hydrogens is 244 g/mol. The molecule has 5 nitrogen and oxygen atoms in total. The van der Waals surface area contributed by atoms with Crippen molar-refractivity contribution in [1.82, 2.24) is 5.32 Å². The molecular formula is C14H22N2O3.